The van der Waals surface area contributed by atoms with Crippen LogP contribution in [0, 0.1) is 11.7 Å². The minimum absolute atomic E-state index is 0.0148. The molecule has 0 radical (unpaired) electrons. The summed E-state index contributed by atoms with van der Waals surface area (Å²) < 4.78 is 31.2. The predicted molar refractivity (Wildman–Crippen MR) is 136 cm³/mol. The summed E-state index contributed by atoms with van der Waals surface area (Å²) in [6, 6.07) is 21.5. The lowest BCUT2D eigenvalue weighted by Gasteiger charge is -2.42. The molecule has 2 aliphatic rings. The normalized spacial score (nSPS) is 18.9. The van der Waals surface area contributed by atoms with E-state index in [9.17, 15) is 14.0 Å². The van der Waals surface area contributed by atoms with Crippen LogP contribution in [0.3, 0.4) is 0 Å². The van der Waals surface area contributed by atoms with Crippen LogP contribution in [0.2, 0.25) is 0 Å². The molecule has 2 fully saturated rings. The van der Waals surface area contributed by atoms with Crippen LogP contribution in [0.15, 0.2) is 78.9 Å². The quantitative estimate of drug-likeness (QED) is 0.250. The smallest absolute Gasteiger partial charge is 0.343 e. The van der Waals surface area contributed by atoms with E-state index in [2.05, 4.69) is 4.90 Å². The lowest BCUT2D eigenvalue weighted by atomic mass is 9.83. The van der Waals surface area contributed by atoms with Crippen molar-refractivity contribution in [2.24, 2.45) is 5.92 Å². The summed E-state index contributed by atoms with van der Waals surface area (Å²) in [6.45, 7) is 4.37. The van der Waals surface area contributed by atoms with E-state index in [1.165, 1.54) is 12.1 Å². The third kappa shape index (κ3) is 5.34. The van der Waals surface area contributed by atoms with Gasteiger partial charge in [-0.25, -0.2) is 9.18 Å². The van der Waals surface area contributed by atoms with Crippen molar-refractivity contribution in [1.82, 2.24) is 4.90 Å². The summed E-state index contributed by atoms with van der Waals surface area (Å²) in [5, 5.41) is 0. The molecule has 0 saturated carbocycles. The van der Waals surface area contributed by atoms with E-state index in [0.717, 1.165) is 31.5 Å². The Morgan fingerprint density at radius 1 is 0.892 bits per heavy atom. The Bertz CT molecular complexity index is 1220. The number of halogens is 1. The molecule has 3 aromatic carbocycles. The van der Waals surface area contributed by atoms with Crippen LogP contribution in [0.5, 0.6) is 5.75 Å². The molecule has 6 nitrogen and oxygen atoms in total. The van der Waals surface area contributed by atoms with Crippen molar-refractivity contribution in [2.75, 3.05) is 26.3 Å². The highest BCUT2D eigenvalue weighted by Gasteiger charge is 2.47. The predicted octanol–water partition coefficient (Wildman–Crippen LogP) is 5.23. The largest absolute Gasteiger partial charge is 0.423 e. The number of benzene rings is 3. The lowest BCUT2D eigenvalue weighted by Crippen LogP contribution is -2.48. The number of hydrogen-bond acceptors (Lipinski definition) is 6. The van der Waals surface area contributed by atoms with Crippen molar-refractivity contribution in [3.8, 4) is 5.75 Å². The molecule has 0 amide bonds. The van der Waals surface area contributed by atoms with Crippen LogP contribution < -0.4 is 4.74 Å². The van der Waals surface area contributed by atoms with Crippen LogP contribution in [0.1, 0.15) is 46.0 Å². The van der Waals surface area contributed by atoms with Gasteiger partial charge in [-0.1, -0.05) is 30.3 Å². The van der Waals surface area contributed by atoms with Gasteiger partial charge in [-0.3, -0.25) is 9.69 Å². The summed E-state index contributed by atoms with van der Waals surface area (Å²) in [5.41, 5.74) is 1.87. The Morgan fingerprint density at radius 2 is 1.51 bits per heavy atom. The van der Waals surface area contributed by atoms with E-state index < -0.39 is 11.8 Å². The van der Waals surface area contributed by atoms with Gasteiger partial charge in [0.05, 0.1) is 24.8 Å². The lowest BCUT2D eigenvalue weighted by molar-refractivity contribution is -0.214. The van der Waals surface area contributed by atoms with Gasteiger partial charge in [-0.2, -0.15) is 0 Å². The summed E-state index contributed by atoms with van der Waals surface area (Å²) in [7, 11) is 0. The number of carbonyl (C=O) groups excluding carboxylic acids is 2. The highest BCUT2D eigenvalue weighted by atomic mass is 19.1. The Morgan fingerprint density at radius 3 is 2.14 bits per heavy atom. The van der Waals surface area contributed by atoms with Crippen molar-refractivity contribution in [1.29, 1.82) is 0 Å². The monoisotopic (exact) mass is 503 g/mol. The maximum Gasteiger partial charge on any atom is 0.343 e. The fourth-order valence-corrected chi connectivity index (χ4v) is 5.25. The van der Waals surface area contributed by atoms with E-state index in [1.54, 1.807) is 60.7 Å². The van der Waals surface area contributed by atoms with Gasteiger partial charge < -0.3 is 14.2 Å². The molecule has 0 spiro atoms. The molecule has 2 aliphatic heterocycles. The molecule has 7 heteroatoms. The first-order valence-electron chi connectivity index (χ1n) is 12.7. The number of ether oxygens (including phenoxy) is 3. The molecular weight excluding hydrogens is 473 g/mol. The molecule has 192 valence electrons. The molecule has 5 rings (SSSR count). The maximum atomic E-state index is 13.5. The van der Waals surface area contributed by atoms with Crippen molar-refractivity contribution >= 4 is 11.8 Å². The van der Waals surface area contributed by atoms with Gasteiger partial charge in [0.2, 0.25) is 0 Å². The second-order valence-electron chi connectivity index (χ2n) is 9.50. The zero-order valence-electron chi connectivity index (χ0n) is 20.8. The Labute approximate surface area is 216 Å². The van der Waals surface area contributed by atoms with Gasteiger partial charge in [-0.15, -0.1) is 0 Å². The third-order valence-electron chi connectivity index (χ3n) is 7.32. The summed E-state index contributed by atoms with van der Waals surface area (Å²) in [5.74, 6) is -1.08. The third-order valence-corrected chi connectivity index (χ3v) is 7.32. The highest BCUT2D eigenvalue weighted by Crippen LogP contribution is 2.43. The topological polar surface area (TPSA) is 65.1 Å². The molecular formula is C30H30FNO5. The Hall–Kier alpha value is -3.39. The number of piperidine rings is 1. The number of Topliss-reactive ketones (excluding diaryl/α,β-unsaturated/α-hetero) is 1. The zero-order chi connectivity index (χ0) is 25.8. The van der Waals surface area contributed by atoms with E-state index in [1.807, 2.05) is 13.0 Å². The number of likely N-dealkylation sites (tertiary alicyclic amines) is 1. The number of carbonyl (C=O) groups is 2. The summed E-state index contributed by atoms with van der Waals surface area (Å²) in [4.78, 5) is 27.7. The number of ketones is 1. The molecule has 2 saturated heterocycles. The molecule has 3 aromatic rings. The number of hydrogen-bond donors (Lipinski definition) is 0. The maximum absolute atomic E-state index is 13.5. The molecule has 37 heavy (non-hydrogen) atoms. The van der Waals surface area contributed by atoms with Gasteiger partial charge in [0.25, 0.3) is 0 Å². The van der Waals surface area contributed by atoms with Gasteiger partial charge in [0, 0.05) is 17.0 Å². The Balaban J connectivity index is 1.19. The number of esters is 1. The number of nitrogens with zero attached hydrogens (tertiary/aromatic N) is 1. The molecule has 0 aromatic heterocycles. The second kappa shape index (κ2) is 10.9. The van der Waals surface area contributed by atoms with E-state index in [4.69, 9.17) is 14.2 Å². The first-order valence-corrected chi connectivity index (χ1v) is 12.7. The minimum Gasteiger partial charge on any atom is -0.423 e. The van der Waals surface area contributed by atoms with Gasteiger partial charge in [-0.05, 0) is 81.4 Å². The zero-order valence-corrected chi connectivity index (χ0v) is 20.8. The SMILES string of the molecule is CC(C(=O)c1ccc(OC(=O)c2ccccc2)cc1)N1CCC(C2(c3ccc(F)cc3)OCCO2)CC1. The molecule has 0 bridgehead atoms. The average Bonchev–Trinajstić information content (AvgIpc) is 3.45. The summed E-state index contributed by atoms with van der Waals surface area (Å²) >= 11 is 0. The Kier molecular flexibility index (Phi) is 7.46. The van der Waals surface area contributed by atoms with Crippen LogP contribution in [-0.2, 0) is 15.3 Å². The highest BCUT2D eigenvalue weighted by molar-refractivity contribution is 6.00. The first-order chi connectivity index (χ1) is 18.0. The van der Waals surface area contributed by atoms with Crippen molar-refractivity contribution in [2.45, 2.75) is 31.6 Å². The molecule has 1 atom stereocenters. The summed E-state index contributed by atoms with van der Waals surface area (Å²) in [6.07, 6.45) is 1.59. The van der Waals surface area contributed by atoms with Crippen molar-refractivity contribution < 1.29 is 28.2 Å². The van der Waals surface area contributed by atoms with Crippen LogP contribution >= 0.6 is 0 Å². The fraction of sp³-hybridized carbons (Fsp3) is 0.333. The second-order valence-corrected chi connectivity index (χ2v) is 9.50. The van der Waals surface area contributed by atoms with E-state index in [0.29, 0.717) is 30.1 Å². The van der Waals surface area contributed by atoms with Gasteiger partial charge in [0.1, 0.15) is 11.6 Å². The minimum atomic E-state index is -0.861. The van der Waals surface area contributed by atoms with Crippen molar-refractivity contribution in [3.05, 3.63) is 101 Å². The average molecular weight is 504 g/mol. The fourth-order valence-electron chi connectivity index (χ4n) is 5.25. The van der Waals surface area contributed by atoms with E-state index in [-0.39, 0.29) is 23.6 Å². The molecule has 0 aliphatic carbocycles. The molecule has 0 N–H and O–H groups in total. The van der Waals surface area contributed by atoms with Crippen LogP contribution in [-0.4, -0.2) is 49.0 Å². The van der Waals surface area contributed by atoms with Crippen LogP contribution in [0.4, 0.5) is 4.39 Å². The number of rotatable bonds is 7. The van der Waals surface area contributed by atoms with E-state index >= 15 is 0 Å². The van der Waals surface area contributed by atoms with Gasteiger partial charge >= 0.3 is 5.97 Å². The standard InChI is InChI=1S/C30H30FNO5/c1-21(28(33)22-7-13-27(14-8-22)37-29(34)23-5-3-2-4-6-23)32-17-15-25(16-18-32)30(35-19-20-36-30)24-9-11-26(31)12-10-24/h2-14,21,25H,15-20H2,1H3. The first kappa shape index (κ1) is 25.3. The van der Waals surface area contributed by atoms with Gasteiger partial charge in [0.15, 0.2) is 11.6 Å². The van der Waals surface area contributed by atoms with Crippen LogP contribution in [0.25, 0.3) is 0 Å². The molecule has 2 heterocycles. The molecule has 1 unspecified atom stereocenters. The van der Waals surface area contributed by atoms with Crippen molar-refractivity contribution in [3.63, 3.8) is 0 Å².